The normalized spacial score (nSPS) is 36.2. The third-order valence-corrected chi connectivity index (χ3v) is 25.2. The van der Waals surface area contributed by atoms with Crippen LogP contribution in [0.1, 0.15) is 167 Å². The number of rotatable bonds is 42. The molecule has 39 nitrogen and oxygen atoms in total. The molecule has 10 aliphatic rings. The van der Waals surface area contributed by atoms with Crippen LogP contribution in [0.3, 0.4) is 0 Å². The number of nitrogens with one attached hydrogen (secondary N) is 2. The van der Waals surface area contributed by atoms with E-state index in [0.717, 1.165) is 77.0 Å². The molecular weight excluding hydrogens is 1560 g/mol. The van der Waals surface area contributed by atoms with Crippen molar-refractivity contribution in [2.75, 3.05) is 92.2 Å². The molecule has 10 fully saturated rings. The average molecular weight is 1700 g/mol. The Bertz CT molecular complexity index is 3160. The largest absolute Gasteiger partial charge is 0.394 e. The maximum absolute atomic E-state index is 14.3. The summed E-state index contributed by atoms with van der Waals surface area (Å²) >= 11 is 0. The first-order valence-corrected chi connectivity index (χ1v) is 43.6. The van der Waals surface area contributed by atoms with Gasteiger partial charge in [0.25, 0.3) is 11.8 Å². The first-order chi connectivity index (χ1) is 57.5. The van der Waals surface area contributed by atoms with Crippen LogP contribution >= 0.6 is 0 Å². The van der Waals surface area contributed by atoms with Crippen LogP contribution in [-0.2, 0) is 117 Å². The Hall–Kier alpha value is -4.84. The smallest absolute Gasteiger partial charge is 0.251 e. The summed E-state index contributed by atoms with van der Waals surface area (Å²) in [4.78, 5) is 60.6. The lowest BCUT2D eigenvalue weighted by molar-refractivity contribution is -0.336. The molecule has 6 aliphatic heterocycles. The highest BCUT2D eigenvalue weighted by Gasteiger charge is 2.55. The minimum Gasteiger partial charge on any atom is -0.394 e. The van der Waals surface area contributed by atoms with Crippen LogP contribution in [0.25, 0.3) is 0 Å². The highest BCUT2D eigenvalue weighted by molar-refractivity contribution is 5.82. The van der Waals surface area contributed by atoms with Crippen molar-refractivity contribution >= 4 is 23.6 Å². The summed E-state index contributed by atoms with van der Waals surface area (Å²) in [5.74, 6) is -1.58. The molecule has 2 aromatic rings. The van der Waals surface area contributed by atoms with Gasteiger partial charge in [0.15, 0.2) is 25.2 Å². The van der Waals surface area contributed by atoms with E-state index in [2.05, 4.69) is 31.3 Å². The molecular formula is C80H132N10O29. The Morgan fingerprint density at radius 1 is 0.420 bits per heavy atom. The van der Waals surface area contributed by atoms with Gasteiger partial charge in [0, 0.05) is 26.2 Å². The standard InChI is InChI=1S/C80H132N10O29/c1-45-15-11-21-53(71(45)118-79-69(101)67(99)63(95)47(3)110-79)114-77-61(73(65(97)57(41-91)116-77)112-55(75(103)87-23-13-24-87)35-49-17-7-5-8-18-49)81-59(93)39-89-37-51(83-85-89)43-108-33-31-106-29-27-105-28-30-107-32-34-109-44-52-38-90(86-84-52)40-60(94)82-62-74(113-56(76(104)88-25-14-26-88)36-50-19-9-6-10-20-50)66(98)58(42-92)117-78(62)115-54-22-12-16-46(2)72(54)119-80-70(102)68(100)64(96)48(4)111-80/h37-38,45-50,53-58,61-74,77-80,91-92,95-102H,5-36,39-44H2,1-4H3,(H,81,93)(H,82,94)/t45-,46-,47?,48?,53-,54-,55+,56+,57?,58?,61?,62?,63-,64?,65+,66+,67+,68+,69?,70+,71?,72?,73?,74?,77-,78-,79+,80+/m1/s1. The number of amides is 4. The second-order valence-corrected chi connectivity index (χ2v) is 34.1. The van der Waals surface area contributed by atoms with Crippen LogP contribution in [0.2, 0.25) is 0 Å². The molecule has 676 valence electrons. The van der Waals surface area contributed by atoms with Crippen LogP contribution in [0.5, 0.6) is 0 Å². The third kappa shape index (κ3) is 25.3. The molecule has 0 radical (unpaired) electrons. The van der Waals surface area contributed by atoms with E-state index in [1.807, 2.05) is 13.8 Å². The van der Waals surface area contributed by atoms with Crippen molar-refractivity contribution in [1.29, 1.82) is 0 Å². The molecule has 4 saturated carbocycles. The predicted octanol–water partition coefficient (Wildman–Crippen LogP) is -1.47. The predicted molar refractivity (Wildman–Crippen MR) is 412 cm³/mol. The molecule has 8 heterocycles. The van der Waals surface area contributed by atoms with Gasteiger partial charge in [0.1, 0.15) is 122 Å². The number of aliphatic hydroxyl groups is 10. The van der Waals surface area contributed by atoms with Gasteiger partial charge >= 0.3 is 0 Å². The maximum Gasteiger partial charge on any atom is 0.251 e. The number of hydrogen-bond donors (Lipinski definition) is 12. The summed E-state index contributed by atoms with van der Waals surface area (Å²) in [6.45, 7) is 9.35. The molecule has 4 aliphatic carbocycles. The quantitative estimate of drug-likeness (QED) is 0.0338. The van der Waals surface area contributed by atoms with Gasteiger partial charge in [0.2, 0.25) is 11.8 Å². The Labute approximate surface area is 694 Å². The second-order valence-electron chi connectivity index (χ2n) is 34.1. The lowest BCUT2D eigenvalue weighted by Gasteiger charge is -2.48. The number of carbonyl (C=O) groups is 4. The fraction of sp³-hybridized carbons (Fsp3) is 0.900. The Kier molecular flexibility index (Phi) is 36.0. The summed E-state index contributed by atoms with van der Waals surface area (Å²) in [5.41, 5.74) is 0.841. The highest BCUT2D eigenvalue weighted by atomic mass is 16.7. The van der Waals surface area contributed by atoms with Crippen LogP contribution in [0, 0.1) is 23.7 Å². The number of aliphatic hydroxyl groups excluding tert-OH is 10. The molecule has 39 heteroatoms. The molecule has 0 bridgehead atoms. The topological polar surface area (TPSA) is 501 Å². The zero-order valence-corrected chi connectivity index (χ0v) is 69.2. The molecule has 2 aromatic heterocycles. The van der Waals surface area contributed by atoms with Crippen LogP contribution in [0.4, 0.5) is 0 Å². The van der Waals surface area contributed by atoms with Crippen molar-refractivity contribution < 1.29 is 141 Å². The van der Waals surface area contributed by atoms with Crippen molar-refractivity contribution in [3.05, 3.63) is 23.8 Å². The van der Waals surface area contributed by atoms with E-state index < -0.39 is 184 Å². The molecule has 0 spiro atoms. The lowest BCUT2D eigenvalue weighted by Crippen LogP contribution is -2.67. The number of ether oxygens (including phenoxy) is 15. The van der Waals surface area contributed by atoms with Crippen molar-refractivity contribution in [1.82, 2.24) is 50.4 Å². The van der Waals surface area contributed by atoms with Crippen LogP contribution < -0.4 is 10.6 Å². The van der Waals surface area contributed by atoms with Crippen LogP contribution in [0.15, 0.2) is 12.4 Å². The molecule has 6 saturated heterocycles. The first kappa shape index (κ1) is 93.3. The molecule has 119 heavy (non-hydrogen) atoms. The van der Waals surface area contributed by atoms with Gasteiger partial charge in [-0.1, -0.05) is 101 Å². The van der Waals surface area contributed by atoms with Gasteiger partial charge in [-0.25, -0.2) is 9.36 Å². The fourth-order valence-corrected chi connectivity index (χ4v) is 17.9. The van der Waals surface area contributed by atoms with Gasteiger partial charge in [-0.05, 0) is 88.9 Å². The van der Waals surface area contributed by atoms with Crippen LogP contribution in [-0.4, -0.2) is 366 Å². The molecule has 0 aromatic carbocycles. The van der Waals surface area contributed by atoms with E-state index in [-0.39, 0.29) is 115 Å². The van der Waals surface area contributed by atoms with Gasteiger partial charge in [0.05, 0.1) is 128 Å². The van der Waals surface area contributed by atoms with Gasteiger partial charge in [-0.2, -0.15) is 0 Å². The molecule has 12 unspecified atom stereocenters. The van der Waals surface area contributed by atoms with Gasteiger partial charge in [-0.15, -0.1) is 10.2 Å². The number of nitrogens with zero attached hydrogens (tertiary/aromatic N) is 8. The summed E-state index contributed by atoms with van der Waals surface area (Å²) in [7, 11) is 0. The third-order valence-electron chi connectivity index (χ3n) is 25.2. The lowest BCUT2D eigenvalue weighted by atomic mass is 9.84. The first-order valence-electron chi connectivity index (χ1n) is 43.6. The maximum atomic E-state index is 14.3. The van der Waals surface area contributed by atoms with Gasteiger partial charge in [-0.3, -0.25) is 19.2 Å². The summed E-state index contributed by atoms with van der Waals surface area (Å²) < 4.78 is 95.7. The zero-order chi connectivity index (χ0) is 84.2. The minimum atomic E-state index is -1.58. The minimum absolute atomic E-state index is 0.0446. The molecule has 12 rings (SSSR count). The van der Waals surface area contributed by atoms with E-state index in [9.17, 15) is 70.2 Å². The average Bonchev–Trinajstić information content (AvgIpc) is 1.20. The monoisotopic (exact) mass is 1700 g/mol. The molecule has 4 amide bonds. The number of likely N-dealkylation sites (tertiary alicyclic amines) is 2. The number of aromatic nitrogens is 6. The number of hydrogen-bond acceptors (Lipinski definition) is 33. The van der Waals surface area contributed by atoms with Gasteiger partial charge < -0.3 is 143 Å². The van der Waals surface area contributed by atoms with E-state index in [4.69, 9.17) is 71.1 Å². The van der Waals surface area contributed by atoms with Crippen molar-refractivity contribution in [3.63, 3.8) is 0 Å². The number of carbonyl (C=O) groups excluding carboxylic acids is 4. The van der Waals surface area contributed by atoms with E-state index in [1.54, 1.807) is 36.0 Å². The van der Waals surface area contributed by atoms with E-state index >= 15 is 0 Å². The van der Waals surface area contributed by atoms with Crippen molar-refractivity contribution in [2.45, 2.75) is 342 Å². The summed E-state index contributed by atoms with van der Waals surface area (Å²) in [6.07, 6.45) is -10.2. The van der Waals surface area contributed by atoms with Crippen molar-refractivity contribution in [3.8, 4) is 0 Å². The van der Waals surface area contributed by atoms with Crippen molar-refractivity contribution in [2.24, 2.45) is 23.7 Å². The van der Waals surface area contributed by atoms with E-state index in [0.29, 0.717) is 88.9 Å². The second kappa shape index (κ2) is 45.9. The summed E-state index contributed by atoms with van der Waals surface area (Å²) in [5, 5.41) is 132. The van der Waals surface area contributed by atoms with E-state index in [1.165, 1.54) is 9.36 Å². The highest BCUT2D eigenvalue weighted by Crippen LogP contribution is 2.41. The Balaban J connectivity index is 0.570. The summed E-state index contributed by atoms with van der Waals surface area (Å²) in [6, 6.07) is -2.52. The SMILES string of the molecule is CC1O[C@@H](OC2[C@H](C)CCC[C@H]2O[C@@H]2OC(CO)[C@H](O)C(O[C@@H](CC3CCCCC3)C(=O)N3CCC3)C2NC(=O)Cn2cc(COCCOCCOCCOCCOCc3cn(CC(=O)NC4C(O[C@@H](CC5CCCCC5)C(=O)N5CCC5)[C@@H](O)C(CO)O[C@H]4O[C@@H]4CCC[C@@H](C)C4O[C@@H]4OC(C)[C@@H](O)[C@H](O)C4O)nn3)nn2)[C@@H](O)[C@@H](O)C1O. The Morgan fingerprint density at radius 3 is 1.14 bits per heavy atom. The Morgan fingerprint density at radius 2 is 0.790 bits per heavy atom. The molecule has 12 N–H and O–H groups in total. The molecule has 28 atom stereocenters. The fourth-order valence-electron chi connectivity index (χ4n) is 17.9. The zero-order valence-electron chi connectivity index (χ0n) is 69.2.